The number of nitrogens with zero attached hydrogens (tertiary/aromatic N) is 1. The van der Waals surface area contributed by atoms with Crippen LogP contribution in [0.25, 0.3) is 10.8 Å². The summed E-state index contributed by atoms with van der Waals surface area (Å²) in [7, 11) is 2.19. The molecule has 0 bridgehead atoms. The number of hydrogen-bond acceptors (Lipinski definition) is 2. The molecule has 3 heteroatoms. The van der Waals surface area contributed by atoms with Gasteiger partial charge in [0.25, 0.3) is 0 Å². The van der Waals surface area contributed by atoms with Crippen molar-refractivity contribution in [2.45, 2.75) is 4.90 Å². The summed E-state index contributed by atoms with van der Waals surface area (Å²) in [6.07, 6.45) is 0. The molecule has 1 aliphatic heterocycles. The second-order valence-corrected chi connectivity index (χ2v) is 7.77. The third-order valence-corrected chi connectivity index (χ3v) is 6.17. The van der Waals surface area contributed by atoms with Gasteiger partial charge in [-0.2, -0.15) is 0 Å². The van der Waals surface area contributed by atoms with Gasteiger partial charge in [-0.3, -0.25) is 0 Å². The molecule has 1 heterocycles. The Bertz CT molecular complexity index is 550. The van der Waals surface area contributed by atoms with Crippen LogP contribution in [0.4, 0.5) is 5.69 Å². The Morgan fingerprint density at radius 2 is 2.00 bits per heavy atom. The van der Waals surface area contributed by atoms with Crippen LogP contribution in [0.3, 0.4) is 0 Å². The van der Waals surface area contributed by atoms with Crippen LogP contribution < -0.4 is 3.11 Å². The van der Waals surface area contributed by atoms with Crippen LogP contribution >= 0.6 is 32.8 Å². The van der Waals surface area contributed by atoms with E-state index in [4.69, 9.17) is 0 Å². The van der Waals surface area contributed by atoms with Crippen molar-refractivity contribution in [3.63, 3.8) is 0 Å². The fraction of sp³-hybridized carbons (Fsp3) is 0.0833. The van der Waals surface area contributed by atoms with E-state index in [2.05, 4.69) is 49.9 Å². The molecule has 0 aliphatic carbocycles. The van der Waals surface area contributed by atoms with E-state index in [0.29, 0.717) is 0 Å². The van der Waals surface area contributed by atoms with Gasteiger partial charge in [-0.05, 0) is 16.8 Å². The van der Waals surface area contributed by atoms with Gasteiger partial charge in [0, 0.05) is 36.3 Å². The minimum Gasteiger partial charge on any atom is -0.322 e. The van der Waals surface area contributed by atoms with Crippen molar-refractivity contribution in [1.29, 1.82) is 0 Å². The van der Waals surface area contributed by atoms with Gasteiger partial charge in [-0.15, -0.1) is 0 Å². The van der Waals surface area contributed by atoms with Crippen molar-refractivity contribution < 1.29 is 0 Å². The maximum Gasteiger partial charge on any atom is 0.0596 e. The van der Waals surface area contributed by atoms with Gasteiger partial charge in [-0.1, -0.05) is 42.1 Å². The van der Waals surface area contributed by atoms with Crippen molar-refractivity contribution >= 4 is 52.6 Å². The van der Waals surface area contributed by atoms with Crippen molar-refractivity contribution in [2.75, 3.05) is 10.2 Å². The normalized spacial score (nSPS) is 14.9. The molecule has 0 spiro atoms. The molecule has 0 saturated carbocycles. The first-order valence-corrected chi connectivity index (χ1v) is 7.83. The van der Waals surface area contributed by atoms with Gasteiger partial charge in [0.15, 0.2) is 0 Å². The number of fused-ring (bicyclic) bond motifs is 3. The highest BCUT2D eigenvalue weighted by atomic mass is 127. The van der Waals surface area contributed by atoms with Crippen LogP contribution in [0, 0.1) is 0 Å². The minimum atomic E-state index is 0.0777. The summed E-state index contributed by atoms with van der Waals surface area (Å²) in [5.41, 5.74) is 1.40. The van der Waals surface area contributed by atoms with Crippen LogP contribution in [0.1, 0.15) is 0 Å². The molecule has 76 valence electrons. The summed E-state index contributed by atoms with van der Waals surface area (Å²) < 4.78 is 4.77. The zero-order valence-electron chi connectivity index (χ0n) is 8.27. The van der Waals surface area contributed by atoms with E-state index in [9.17, 15) is 0 Å². The summed E-state index contributed by atoms with van der Waals surface area (Å²) >= 11 is 1.98. The van der Waals surface area contributed by atoms with Gasteiger partial charge < -0.3 is 3.11 Å². The van der Waals surface area contributed by atoms with Crippen molar-refractivity contribution in [2.24, 2.45) is 0 Å². The zero-order chi connectivity index (χ0) is 10.3. The first kappa shape index (κ1) is 9.66. The van der Waals surface area contributed by atoms with Crippen LogP contribution in [0.15, 0.2) is 41.3 Å². The Morgan fingerprint density at radius 3 is 2.93 bits per heavy atom. The molecule has 0 aromatic heterocycles. The second-order valence-electron chi connectivity index (χ2n) is 3.42. The van der Waals surface area contributed by atoms with E-state index in [1.54, 1.807) is 0 Å². The van der Waals surface area contributed by atoms with Gasteiger partial charge >= 0.3 is 0 Å². The summed E-state index contributed by atoms with van der Waals surface area (Å²) in [5, 5.41) is 2.72. The number of benzene rings is 2. The maximum absolute atomic E-state index is 2.40. The van der Waals surface area contributed by atoms with E-state index in [0.717, 1.165) is 0 Å². The first-order chi connectivity index (χ1) is 7.36. The lowest BCUT2D eigenvalue weighted by Gasteiger charge is -2.21. The molecule has 2 aromatic carbocycles. The molecule has 0 fully saturated rings. The lowest BCUT2D eigenvalue weighted by atomic mass is 10.1. The number of hydrogen-bond donors (Lipinski definition) is 0. The Labute approximate surface area is 104 Å². The predicted octanol–water partition coefficient (Wildman–Crippen LogP) is 4.03. The average molecular weight is 327 g/mol. The van der Waals surface area contributed by atoms with Gasteiger partial charge in [0.05, 0.1) is 5.69 Å². The number of anilines is 1. The van der Waals surface area contributed by atoms with E-state index in [1.807, 2.05) is 11.8 Å². The van der Waals surface area contributed by atoms with Crippen LogP contribution in [0.2, 0.25) is 0 Å². The Balaban J connectivity index is 2.36. The van der Waals surface area contributed by atoms with E-state index >= 15 is 0 Å². The Kier molecular flexibility index (Phi) is 2.44. The summed E-state index contributed by atoms with van der Waals surface area (Å²) in [4.78, 5) is 1.42. The topological polar surface area (TPSA) is 3.24 Å². The van der Waals surface area contributed by atoms with Crippen molar-refractivity contribution in [1.82, 2.24) is 0 Å². The highest BCUT2D eigenvalue weighted by Crippen LogP contribution is 2.41. The molecule has 0 atom stereocenters. The van der Waals surface area contributed by atoms with Crippen LogP contribution in [0.5, 0.6) is 0 Å². The standard InChI is InChI=1S/C12H10INS/c1-14-11-7-6-9-4-2-3-5-10(9)12(11)15-8-13-14/h2-8H,1H3. The van der Waals surface area contributed by atoms with E-state index < -0.39 is 0 Å². The molecule has 1 aliphatic rings. The molecule has 0 saturated heterocycles. The monoisotopic (exact) mass is 327 g/mol. The second kappa shape index (κ2) is 3.79. The fourth-order valence-corrected chi connectivity index (χ4v) is 5.65. The average Bonchev–Trinajstić information content (AvgIpc) is 2.29. The van der Waals surface area contributed by atoms with Gasteiger partial charge in [0.1, 0.15) is 0 Å². The molecular formula is C12H10INS. The molecule has 1 nitrogen and oxygen atoms in total. The molecular weight excluding hydrogens is 317 g/mol. The summed E-state index contributed by atoms with van der Waals surface area (Å²) in [5.74, 6) is 0. The molecule has 0 unspecified atom stereocenters. The lowest BCUT2D eigenvalue weighted by Crippen LogP contribution is -2.05. The Morgan fingerprint density at radius 1 is 1.13 bits per heavy atom. The van der Waals surface area contributed by atoms with E-state index in [1.165, 1.54) is 21.4 Å². The van der Waals surface area contributed by atoms with E-state index in [-0.39, 0.29) is 21.0 Å². The van der Waals surface area contributed by atoms with Gasteiger partial charge in [0.2, 0.25) is 0 Å². The maximum atomic E-state index is 2.40. The number of rotatable bonds is 0. The van der Waals surface area contributed by atoms with Crippen molar-refractivity contribution in [3.8, 4) is 0 Å². The SMILES string of the molecule is CN1I=CSc2c1ccc1ccccc21. The molecule has 2 aromatic rings. The highest BCUT2D eigenvalue weighted by molar-refractivity contribution is 14.2. The molecule has 3 rings (SSSR count). The predicted molar refractivity (Wildman–Crippen MR) is 78.3 cm³/mol. The minimum absolute atomic E-state index is 0.0777. The largest absolute Gasteiger partial charge is 0.322 e. The summed E-state index contributed by atoms with van der Waals surface area (Å²) in [6.45, 7) is 0. The third-order valence-electron chi connectivity index (χ3n) is 2.54. The Hall–Kier alpha value is -0.550. The molecule has 15 heavy (non-hydrogen) atoms. The number of thioether (sulfide) groups is 1. The zero-order valence-corrected chi connectivity index (χ0v) is 11.2. The summed E-state index contributed by atoms with van der Waals surface area (Å²) in [6, 6.07) is 13.1. The molecule has 0 amide bonds. The number of halogens is 1. The first-order valence-electron chi connectivity index (χ1n) is 4.74. The molecule has 0 N–H and O–H groups in total. The van der Waals surface area contributed by atoms with Gasteiger partial charge in [-0.25, -0.2) is 0 Å². The quantitative estimate of drug-likeness (QED) is 0.531. The molecule has 0 radical (unpaired) electrons. The smallest absolute Gasteiger partial charge is 0.0596 e. The lowest BCUT2D eigenvalue weighted by molar-refractivity contribution is 1.35. The highest BCUT2D eigenvalue weighted by Gasteiger charge is 2.13. The van der Waals surface area contributed by atoms with Crippen LogP contribution in [-0.2, 0) is 0 Å². The van der Waals surface area contributed by atoms with Crippen LogP contribution in [-0.4, -0.2) is 10.4 Å². The third kappa shape index (κ3) is 1.58. The fourth-order valence-electron chi connectivity index (χ4n) is 1.77. The van der Waals surface area contributed by atoms with Crippen molar-refractivity contribution in [3.05, 3.63) is 36.4 Å².